The molecule has 0 aromatic rings. The minimum atomic E-state index is -2.67. The molecule has 3 aliphatic carbocycles. The second-order valence-corrected chi connectivity index (χ2v) is 12.3. The van der Waals surface area contributed by atoms with Gasteiger partial charge in [-0.15, -0.1) is 0 Å². The highest BCUT2D eigenvalue weighted by atomic mass is 19.3. The molecule has 1 saturated heterocycles. The van der Waals surface area contributed by atoms with E-state index in [4.69, 9.17) is 0 Å². The first-order valence-electron chi connectivity index (χ1n) is 13.6. The number of aliphatic hydroxyl groups is 3. The summed E-state index contributed by atoms with van der Waals surface area (Å²) in [5.41, 5.74) is 1.60. The number of nitrogens with zero attached hydrogens (tertiary/aromatic N) is 1. The number of fused-ring (bicyclic) bond motifs is 1. The number of aliphatic hydroxyl groups excluding tert-OH is 2. The first-order valence-corrected chi connectivity index (χ1v) is 13.6. The van der Waals surface area contributed by atoms with E-state index in [0.29, 0.717) is 37.3 Å². The van der Waals surface area contributed by atoms with Gasteiger partial charge in [0.25, 0.3) is 6.43 Å². The highest BCUT2D eigenvalue weighted by Crippen LogP contribution is 2.59. The van der Waals surface area contributed by atoms with E-state index in [0.717, 1.165) is 24.1 Å². The number of hydrogen-bond acceptors (Lipinski definition) is 4. The molecule has 6 heteroatoms. The van der Waals surface area contributed by atoms with Gasteiger partial charge in [-0.25, -0.2) is 8.78 Å². The summed E-state index contributed by atoms with van der Waals surface area (Å²) in [5.74, 6) is 1.42. The highest BCUT2D eigenvalue weighted by Gasteiger charge is 2.51. The van der Waals surface area contributed by atoms with Crippen LogP contribution in [-0.2, 0) is 0 Å². The van der Waals surface area contributed by atoms with Gasteiger partial charge in [0.15, 0.2) is 0 Å². The summed E-state index contributed by atoms with van der Waals surface area (Å²) in [6, 6.07) is 0. The molecule has 198 valence electrons. The molecular weight excluding hydrogens is 448 g/mol. The molecule has 3 N–H and O–H groups in total. The Kier molecular flexibility index (Phi) is 7.98. The second kappa shape index (κ2) is 10.4. The summed E-state index contributed by atoms with van der Waals surface area (Å²) in [7, 11) is 0. The second-order valence-electron chi connectivity index (χ2n) is 12.3. The Balaban J connectivity index is 1.42. The van der Waals surface area contributed by atoms with E-state index in [2.05, 4.69) is 37.5 Å². The van der Waals surface area contributed by atoms with Crippen LogP contribution in [-0.4, -0.2) is 64.1 Å². The van der Waals surface area contributed by atoms with Crippen LogP contribution in [0.15, 0.2) is 35.5 Å². The Labute approximate surface area is 209 Å². The Morgan fingerprint density at radius 2 is 1.83 bits per heavy atom. The fraction of sp³-hybridized carbons (Fsp3) is 0.793. The molecule has 4 fully saturated rings. The van der Waals surface area contributed by atoms with Crippen molar-refractivity contribution < 1.29 is 24.1 Å². The van der Waals surface area contributed by atoms with Crippen molar-refractivity contribution in [1.82, 2.24) is 4.90 Å². The van der Waals surface area contributed by atoms with Gasteiger partial charge in [0, 0.05) is 25.6 Å². The summed E-state index contributed by atoms with van der Waals surface area (Å²) < 4.78 is 26.3. The van der Waals surface area contributed by atoms with Crippen LogP contribution in [0.4, 0.5) is 8.78 Å². The van der Waals surface area contributed by atoms with Gasteiger partial charge in [-0.1, -0.05) is 45.1 Å². The lowest BCUT2D eigenvalue weighted by molar-refractivity contribution is -0.128. The van der Waals surface area contributed by atoms with Gasteiger partial charge in [-0.05, 0) is 85.7 Å². The molecular formula is C29H45F2NO3. The van der Waals surface area contributed by atoms with Crippen molar-refractivity contribution in [3.8, 4) is 0 Å². The van der Waals surface area contributed by atoms with Gasteiger partial charge in [0.2, 0.25) is 0 Å². The van der Waals surface area contributed by atoms with Crippen molar-refractivity contribution in [2.75, 3.05) is 19.6 Å². The summed E-state index contributed by atoms with van der Waals surface area (Å²) in [6.07, 6.45) is 7.12. The first-order chi connectivity index (χ1) is 16.5. The van der Waals surface area contributed by atoms with E-state index in [-0.39, 0.29) is 24.2 Å². The van der Waals surface area contributed by atoms with E-state index in [9.17, 15) is 24.1 Å². The van der Waals surface area contributed by atoms with Crippen LogP contribution in [0, 0.1) is 29.1 Å². The Hall–Kier alpha value is -1.08. The molecule has 0 aromatic carbocycles. The third-order valence-electron chi connectivity index (χ3n) is 10.2. The van der Waals surface area contributed by atoms with Crippen LogP contribution >= 0.6 is 0 Å². The smallest absolute Gasteiger partial charge is 0.266 e. The van der Waals surface area contributed by atoms with Crippen molar-refractivity contribution in [2.45, 2.75) is 96.4 Å². The number of piperidine rings is 1. The predicted molar refractivity (Wildman–Crippen MR) is 135 cm³/mol. The molecule has 0 spiro atoms. The van der Waals surface area contributed by atoms with Crippen LogP contribution in [0.1, 0.15) is 72.1 Å². The zero-order valence-corrected chi connectivity index (χ0v) is 21.7. The van der Waals surface area contributed by atoms with Gasteiger partial charge in [0.1, 0.15) is 5.60 Å². The Bertz CT molecular complexity index is 847. The normalized spacial score (nSPS) is 41.5. The molecule has 7 atom stereocenters. The van der Waals surface area contributed by atoms with E-state index in [1.165, 1.54) is 31.3 Å². The molecule has 4 aliphatic rings. The summed E-state index contributed by atoms with van der Waals surface area (Å²) in [4.78, 5) is 2.27. The van der Waals surface area contributed by atoms with Crippen molar-refractivity contribution in [2.24, 2.45) is 29.1 Å². The lowest BCUT2D eigenvalue weighted by atomic mass is 9.61. The number of likely N-dealkylation sites (tertiary alicyclic amines) is 1. The van der Waals surface area contributed by atoms with Crippen LogP contribution in [0.25, 0.3) is 0 Å². The fourth-order valence-electron chi connectivity index (χ4n) is 7.73. The minimum Gasteiger partial charge on any atom is -0.392 e. The lowest BCUT2D eigenvalue weighted by Crippen LogP contribution is -2.50. The average Bonchev–Trinajstić information content (AvgIpc) is 3.18. The van der Waals surface area contributed by atoms with E-state index < -0.39 is 24.2 Å². The van der Waals surface area contributed by atoms with E-state index in [1.807, 2.05) is 6.92 Å². The van der Waals surface area contributed by atoms with Crippen LogP contribution in [0.2, 0.25) is 0 Å². The molecule has 1 aliphatic heterocycles. The zero-order chi connectivity index (χ0) is 25.5. The molecule has 4 nitrogen and oxygen atoms in total. The molecule has 0 amide bonds. The monoisotopic (exact) mass is 493 g/mol. The quantitative estimate of drug-likeness (QED) is 0.499. The Morgan fingerprint density at radius 3 is 2.49 bits per heavy atom. The molecule has 4 rings (SSSR count). The standard InChI is InChI=1S/C29H45F2NO3/c1-18(17-32-14-12-29(35,13-15-32)27(30)31)23-9-10-24-21(6-5-11-28(23,24)4)7-8-22-16-25(33)20(3)26(34)19(22)2/h7-8,18,20,23-27,33-35H,2,5-6,9-17H2,1,3-4H3/b21-7+,22-8-/t18-,20?,23-,24+,25?,26?,28-/m1/s1. The summed E-state index contributed by atoms with van der Waals surface area (Å²) in [6.45, 7) is 12.7. The summed E-state index contributed by atoms with van der Waals surface area (Å²) >= 11 is 0. The third-order valence-corrected chi connectivity index (χ3v) is 10.2. The molecule has 35 heavy (non-hydrogen) atoms. The van der Waals surface area contributed by atoms with Crippen molar-refractivity contribution >= 4 is 0 Å². The van der Waals surface area contributed by atoms with Crippen LogP contribution < -0.4 is 0 Å². The lowest BCUT2D eigenvalue weighted by Gasteiger charge is -2.46. The SMILES string of the molecule is C=C1/C(=C\C=C2/CCC[C@]3(C)[C@@H]([C@H](C)CN4CCC(O)(C(F)F)CC4)CC[C@@H]23)CC(O)C(C)C1O. The zero-order valence-electron chi connectivity index (χ0n) is 21.7. The molecule has 0 bridgehead atoms. The van der Waals surface area contributed by atoms with Crippen LogP contribution in [0.3, 0.4) is 0 Å². The maximum absolute atomic E-state index is 13.2. The van der Waals surface area contributed by atoms with Gasteiger partial charge >= 0.3 is 0 Å². The largest absolute Gasteiger partial charge is 0.392 e. The predicted octanol–water partition coefficient (Wildman–Crippen LogP) is 5.10. The maximum atomic E-state index is 13.2. The van der Waals surface area contributed by atoms with Gasteiger partial charge in [0.05, 0.1) is 12.2 Å². The number of alkyl halides is 2. The molecule has 0 aromatic heterocycles. The van der Waals surface area contributed by atoms with Crippen LogP contribution in [0.5, 0.6) is 0 Å². The van der Waals surface area contributed by atoms with E-state index in [1.54, 1.807) is 0 Å². The Morgan fingerprint density at radius 1 is 1.14 bits per heavy atom. The van der Waals surface area contributed by atoms with Crippen molar-refractivity contribution in [3.05, 3.63) is 35.5 Å². The van der Waals surface area contributed by atoms with Gasteiger partial charge in [-0.2, -0.15) is 0 Å². The molecule has 3 saturated carbocycles. The van der Waals surface area contributed by atoms with Crippen molar-refractivity contribution in [3.63, 3.8) is 0 Å². The van der Waals surface area contributed by atoms with Gasteiger partial charge in [-0.3, -0.25) is 0 Å². The molecule has 0 radical (unpaired) electrons. The van der Waals surface area contributed by atoms with Gasteiger partial charge < -0.3 is 20.2 Å². The molecule has 1 heterocycles. The topological polar surface area (TPSA) is 63.9 Å². The first kappa shape index (κ1) is 27.0. The average molecular weight is 494 g/mol. The molecule has 3 unspecified atom stereocenters. The van der Waals surface area contributed by atoms with Crippen molar-refractivity contribution in [1.29, 1.82) is 0 Å². The fourth-order valence-corrected chi connectivity index (χ4v) is 7.73. The highest BCUT2D eigenvalue weighted by molar-refractivity contribution is 5.39. The number of rotatable bonds is 5. The third kappa shape index (κ3) is 5.18. The van der Waals surface area contributed by atoms with E-state index >= 15 is 0 Å². The maximum Gasteiger partial charge on any atom is 0.266 e. The number of hydrogen-bond donors (Lipinski definition) is 3. The minimum absolute atomic E-state index is 0.150. The summed E-state index contributed by atoms with van der Waals surface area (Å²) in [5, 5.41) is 30.9. The number of halogens is 2. The number of allylic oxidation sites excluding steroid dienone is 3.